The number of ether oxygens (including phenoxy) is 1. The van der Waals surface area contributed by atoms with Crippen LogP contribution in [0.4, 0.5) is 13.2 Å². The summed E-state index contributed by atoms with van der Waals surface area (Å²) in [4.78, 5) is -0.347. The first-order chi connectivity index (χ1) is 10.1. The van der Waals surface area contributed by atoms with Crippen LogP contribution >= 0.6 is 22.3 Å². The van der Waals surface area contributed by atoms with Gasteiger partial charge in [-0.2, -0.15) is 13.2 Å². The molecule has 0 N–H and O–H groups in total. The summed E-state index contributed by atoms with van der Waals surface area (Å²) in [5.41, 5.74) is -0.831. The zero-order valence-electron chi connectivity index (χ0n) is 10.6. The minimum absolute atomic E-state index is 0.0387. The van der Waals surface area contributed by atoms with Crippen molar-refractivity contribution in [3.8, 4) is 11.5 Å². The van der Waals surface area contributed by atoms with Gasteiger partial charge in [-0.1, -0.05) is 17.7 Å². The Morgan fingerprint density at radius 2 is 1.59 bits per heavy atom. The fraction of sp³-hybridized carbons (Fsp3) is 0.0769. The van der Waals surface area contributed by atoms with Crippen LogP contribution in [0, 0.1) is 0 Å². The number of halogens is 5. The van der Waals surface area contributed by atoms with E-state index < -0.39 is 20.8 Å². The topological polar surface area (TPSA) is 43.4 Å². The summed E-state index contributed by atoms with van der Waals surface area (Å²) < 4.78 is 65.3. The molecule has 22 heavy (non-hydrogen) atoms. The standard InChI is InChI=1S/C13H7Cl2F3O3S/c14-12-10(2-1-3-11(12)22(15,19)20)21-9-6-4-8(5-7-9)13(16,17)18/h1-7H. The van der Waals surface area contributed by atoms with Crippen LogP contribution in [0.2, 0.25) is 5.02 Å². The minimum atomic E-state index is -4.46. The first-order valence-electron chi connectivity index (χ1n) is 5.67. The van der Waals surface area contributed by atoms with E-state index in [0.717, 1.165) is 24.3 Å². The van der Waals surface area contributed by atoms with Crippen LogP contribution in [0.3, 0.4) is 0 Å². The van der Waals surface area contributed by atoms with E-state index >= 15 is 0 Å². The van der Waals surface area contributed by atoms with Crippen LogP contribution in [0.25, 0.3) is 0 Å². The second kappa shape index (κ2) is 5.98. The van der Waals surface area contributed by atoms with Gasteiger partial charge in [-0.25, -0.2) is 8.42 Å². The molecule has 0 unspecified atom stereocenters. The summed E-state index contributed by atoms with van der Waals surface area (Å²) in [6.07, 6.45) is -4.46. The summed E-state index contributed by atoms with van der Waals surface area (Å²) in [5, 5.41) is -0.252. The molecule has 0 radical (unpaired) electrons. The first-order valence-corrected chi connectivity index (χ1v) is 8.36. The highest BCUT2D eigenvalue weighted by molar-refractivity contribution is 8.13. The molecule has 0 amide bonds. The van der Waals surface area contributed by atoms with Gasteiger partial charge in [0.15, 0.2) is 0 Å². The van der Waals surface area contributed by atoms with Crippen molar-refractivity contribution in [2.24, 2.45) is 0 Å². The van der Waals surface area contributed by atoms with Gasteiger partial charge in [0.05, 0.1) is 5.56 Å². The van der Waals surface area contributed by atoms with E-state index in [1.54, 1.807) is 0 Å². The molecule has 0 bridgehead atoms. The third-order valence-electron chi connectivity index (χ3n) is 2.60. The molecule has 0 spiro atoms. The molecule has 0 saturated carbocycles. The predicted octanol–water partition coefficient (Wildman–Crippen LogP) is 5.08. The van der Waals surface area contributed by atoms with Gasteiger partial charge < -0.3 is 4.74 Å². The van der Waals surface area contributed by atoms with Crippen molar-refractivity contribution in [2.75, 3.05) is 0 Å². The van der Waals surface area contributed by atoms with Gasteiger partial charge in [0.2, 0.25) is 0 Å². The molecular weight excluding hydrogens is 364 g/mol. The van der Waals surface area contributed by atoms with Gasteiger partial charge in [-0.15, -0.1) is 0 Å². The Kier molecular flexibility index (Phi) is 4.60. The van der Waals surface area contributed by atoms with Gasteiger partial charge in [0, 0.05) is 10.7 Å². The van der Waals surface area contributed by atoms with E-state index in [0.29, 0.717) is 0 Å². The number of hydrogen-bond acceptors (Lipinski definition) is 3. The van der Waals surface area contributed by atoms with Gasteiger partial charge >= 0.3 is 6.18 Å². The number of alkyl halides is 3. The van der Waals surface area contributed by atoms with Crippen molar-refractivity contribution in [1.82, 2.24) is 0 Å². The Balaban J connectivity index is 2.32. The van der Waals surface area contributed by atoms with Gasteiger partial charge in [0.1, 0.15) is 21.4 Å². The molecule has 3 nitrogen and oxygen atoms in total. The van der Waals surface area contributed by atoms with Crippen molar-refractivity contribution in [3.63, 3.8) is 0 Å². The maximum Gasteiger partial charge on any atom is 0.416 e. The van der Waals surface area contributed by atoms with E-state index in [1.807, 2.05) is 0 Å². The zero-order chi connectivity index (χ0) is 16.5. The largest absolute Gasteiger partial charge is 0.456 e. The average molecular weight is 371 g/mol. The molecule has 0 heterocycles. The molecule has 0 aliphatic carbocycles. The lowest BCUT2D eigenvalue weighted by Crippen LogP contribution is -2.04. The Morgan fingerprint density at radius 1 is 1.00 bits per heavy atom. The number of rotatable bonds is 3. The summed E-state index contributed by atoms with van der Waals surface area (Å²) >= 11 is 5.88. The SMILES string of the molecule is O=S(=O)(Cl)c1cccc(Oc2ccc(C(F)(F)F)cc2)c1Cl. The zero-order valence-corrected chi connectivity index (χ0v) is 12.9. The summed E-state index contributed by atoms with van der Waals surface area (Å²) in [6, 6.07) is 7.77. The second-order valence-corrected chi connectivity index (χ2v) is 7.04. The molecule has 2 aromatic carbocycles. The molecule has 118 valence electrons. The van der Waals surface area contributed by atoms with Crippen molar-refractivity contribution in [3.05, 3.63) is 53.1 Å². The Bertz CT molecular complexity index is 787. The molecule has 2 rings (SSSR count). The van der Waals surface area contributed by atoms with Crippen LogP contribution in [-0.2, 0) is 15.2 Å². The third kappa shape index (κ3) is 3.85. The molecule has 0 atom stereocenters. The van der Waals surface area contributed by atoms with Crippen molar-refractivity contribution in [1.29, 1.82) is 0 Å². The van der Waals surface area contributed by atoms with Crippen LogP contribution in [0.1, 0.15) is 5.56 Å². The van der Waals surface area contributed by atoms with Crippen LogP contribution < -0.4 is 4.74 Å². The average Bonchev–Trinajstić information content (AvgIpc) is 2.39. The van der Waals surface area contributed by atoms with E-state index in [2.05, 4.69) is 0 Å². The molecule has 0 aliphatic rings. The summed E-state index contributed by atoms with van der Waals surface area (Å²) in [7, 11) is 1.15. The molecular formula is C13H7Cl2F3O3S. The number of benzene rings is 2. The molecule has 0 saturated heterocycles. The van der Waals surface area contributed by atoms with Crippen LogP contribution in [0.5, 0.6) is 11.5 Å². The number of hydrogen-bond donors (Lipinski definition) is 0. The maximum absolute atomic E-state index is 12.5. The highest BCUT2D eigenvalue weighted by Crippen LogP contribution is 2.36. The highest BCUT2D eigenvalue weighted by Gasteiger charge is 2.30. The third-order valence-corrected chi connectivity index (χ3v) is 4.47. The normalized spacial score (nSPS) is 12.2. The summed E-state index contributed by atoms with van der Waals surface area (Å²) in [5.74, 6) is 0.0298. The van der Waals surface area contributed by atoms with E-state index in [4.69, 9.17) is 27.0 Å². The Hall–Kier alpha value is -1.44. The lowest BCUT2D eigenvalue weighted by Gasteiger charge is -2.11. The maximum atomic E-state index is 12.5. The lowest BCUT2D eigenvalue weighted by molar-refractivity contribution is -0.137. The van der Waals surface area contributed by atoms with Crippen LogP contribution in [-0.4, -0.2) is 8.42 Å². The molecule has 9 heteroatoms. The van der Waals surface area contributed by atoms with Gasteiger partial charge in [-0.3, -0.25) is 0 Å². The molecule has 0 aromatic heterocycles. The monoisotopic (exact) mass is 370 g/mol. The Labute approximate surface area is 133 Å². The minimum Gasteiger partial charge on any atom is -0.456 e. The van der Waals surface area contributed by atoms with Gasteiger partial charge in [-0.05, 0) is 36.4 Å². The molecule has 0 aliphatic heterocycles. The van der Waals surface area contributed by atoms with E-state index in [1.165, 1.54) is 18.2 Å². The van der Waals surface area contributed by atoms with Crippen molar-refractivity contribution < 1.29 is 26.3 Å². The fourth-order valence-corrected chi connectivity index (χ4v) is 3.13. The van der Waals surface area contributed by atoms with Crippen LogP contribution in [0.15, 0.2) is 47.4 Å². The fourth-order valence-electron chi connectivity index (χ4n) is 1.60. The quantitative estimate of drug-likeness (QED) is 0.707. The van der Waals surface area contributed by atoms with Gasteiger partial charge in [0.25, 0.3) is 9.05 Å². The second-order valence-electron chi connectivity index (χ2n) is 4.13. The van der Waals surface area contributed by atoms with E-state index in [9.17, 15) is 21.6 Å². The first kappa shape index (κ1) is 16.9. The lowest BCUT2D eigenvalue weighted by atomic mass is 10.2. The Morgan fingerprint density at radius 3 is 2.09 bits per heavy atom. The smallest absolute Gasteiger partial charge is 0.416 e. The van der Waals surface area contributed by atoms with Crippen molar-refractivity contribution >= 4 is 31.3 Å². The van der Waals surface area contributed by atoms with Crippen molar-refractivity contribution in [2.45, 2.75) is 11.1 Å². The molecule has 2 aromatic rings. The van der Waals surface area contributed by atoms with E-state index in [-0.39, 0.29) is 21.4 Å². The summed E-state index contributed by atoms with van der Waals surface area (Å²) in [6.45, 7) is 0. The molecule has 0 fully saturated rings. The highest BCUT2D eigenvalue weighted by atomic mass is 35.7. The predicted molar refractivity (Wildman–Crippen MR) is 76.0 cm³/mol.